The molecule has 0 heterocycles. The third kappa shape index (κ3) is 6.09. The highest BCUT2D eigenvalue weighted by atomic mass is 16.5. The van der Waals surface area contributed by atoms with Crippen LogP contribution in [0, 0.1) is 11.3 Å². The molecule has 0 bridgehead atoms. The Morgan fingerprint density at radius 2 is 1.61 bits per heavy atom. The minimum absolute atomic E-state index is 0.00566. The van der Waals surface area contributed by atoms with Crippen LogP contribution in [0.3, 0.4) is 0 Å². The Hall–Kier alpha value is -4.44. The van der Waals surface area contributed by atoms with Gasteiger partial charge in [-0.05, 0) is 42.7 Å². The number of carbonyl (C=O) groups is 3. The van der Waals surface area contributed by atoms with Gasteiger partial charge in [0, 0.05) is 17.2 Å². The minimum Gasteiger partial charge on any atom is -0.497 e. The smallest absolute Gasteiger partial charge is 0.248 e. The predicted molar refractivity (Wildman–Crippen MR) is 145 cm³/mol. The number of nitrogens with zero attached hydrogens (tertiary/aromatic N) is 2. The summed E-state index contributed by atoms with van der Waals surface area (Å²) in [7, 11) is 1.55. The van der Waals surface area contributed by atoms with Gasteiger partial charge in [0.1, 0.15) is 18.2 Å². The second-order valence-electron chi connectivity index (χ2n) is 9.33. The number of methoxy groups -OCH3 is 1. The van der Waals surface area contributed by atoms with Gasteiger partial charge in [0.15, 0.2) is 5.78 Å². The largest absolute Gasteiger partial charge is 0.497 e. The Labute approximate surface area is 223 Å². The number of nitrogens with one attached hydrogen (secondary N) is 1. The quantitative estimate of drug-likeness (QED) is 0.391. The number of rotatable bonds is 9. The van der Waals surface area contributed by atoms with Crippen LogP contribution in [0.5, 0.6) is 5.75 Å². The normalized spacial score (nSPS) is 14.1. The number of nitriles is 1. The molecular weight excluding hydrogens is 478 g/mol. The molecule has 0 aliphatic heterocycles. The van der Waals surface area contributed by atoms with E-state index >= 15 is 0 Å². The van der Waals surface area contributed by atoms with E-state index in [0.717, 1.165) is 32.1 Å². The average Bonchev–Trinajstić information content (AvgIpc) is 2.96. The fourth-order valence-corrected chi connectivity index (χ4v) is 4.92. The number of para-hydroxylation sites is 1. The zero-order valence-electron chi connectivity index (χ0n) is 21.4. The number of carbonyl (C=O) groups excluding carboxylic acids is 3. The first-order valence-corrected chi connectivity index (χ1v) is 12.9. The number of ether oxygens (including phenoxy) is 1. The summed E-state index contributed by atoms with van der Waals surface area (Å²) in [6, 6.07) is 23.2. The van der Waals surface area contributed by atoms with Crippen molar-refractivity contribution in [2.24, 2.45) is 0 Å². The molecule has 3 aromatic rings. The molecule has 1 unspecified atom stereocenters. The molecule has 1 fully saturated rings. The number of anilines is 1. The molecule has 1 atom stereocenters. The maximum absolute atomic E-state index is 13.9. The fourth-order valence-electron chi connectivity index (χ4n) is 4.92. The first-order valence-electron chi connectivity index (χ1n) is 12.9. The molecule has 0 saturated heterocycles. The molecular formula is C31H31N3O4. The van der Waals surface area contributed by atoms with E-state index < -0.39 is 18.4 Å². The molecule has 1 aliphatic rings. The number of hydrogen-bond donors (Lipinski definition) is 1. The maximum Gasteiger partial charge on any atom is 0.248 e. The summed E-state index contributed by atoms with van der Waals surface area (Å²) in [5.41, 5.74) is 1.56. The van der Waals surface area contributed by atoms with Gasteiger partial charge in [-0.3, -0.25) is 19.3 Å². The first kappa shape index (κ1) is 26.6. The highest BCUT2D eigenvalue weighted by Crippen LogP contribution is 2.34. The van der Waals surface area contributed by atoms with E-state index in [2.05, 4.69) is 5.32 Å². The van der Waals surface area contributed by atoms with Crippen LogP contribution in [-0.4, -0.2) is 30.7 Å². The van der Waals surface area contributed by atoms with Gasteiger partial charge in [0.2, 0.25) is 11.8 Å². The molecule has 2 amide bonds. The second kappa shape index (κ2) is 12.7. The molecule has 1 aliphatic carbocycles. The van der Waals surface area contributed by atoms with Crippen LogP contribution in [0.25, 0.3) is 0 Å². The Bertz CT molecular complexity index is 1310. The van der Waals surface area contributed by atoms with Gasteiger partial charge < -0.3 is 10.1 Å². The monoisotopic (exact) mass is 509 g/mol. The lowest BCUT2D eigenvalue weighted by atomic mass is 9.94. The Balaban J connectivity index is 1.83. The van der Waals surface area contributed by atoms with E-state index in [1.165, 1.54) is 4.90 Å². The summed E-state index contributed by atoms with van der Waals surface area (Å²) in [5, 5.41) is 12.6. The van der Waals surface area contributed by atoms with Crippen molar-refractivity contribution < 1.29 is 19.1 Å². The van der Waals surface area contributed by atoms with Crippen molar-refractivity contribution in [3.63, 3.8) is 0 Å². The van der Waals surface area contributed by atoms with Gasteiger partial charge >= 0.3 is 0 Å². The summed E-state index contributed by atoms with van der Waals surface area (Å²) in [6.45, 7) is 0. The van der Waals surface area contributed by atoms with Crippen molar-refractivity contribution >= 4 is 23.3 Å². The highest BCUT2D eigenvalue weighted by Gasteiger charge is 2.35. The van der Waals surface area contributed by atoms with Crippen LogP contribution in [0.2, 0.25) is 0 Å². The topological polar surface area (TPSA) is 99.5 Å². The van der Waals surface area contributed by atoms with Crippen LogP contribution >= 0.6 is 0 Å². The molecule has 0 spiro atoms. The van der Waals surface area contributed by atoms with Crippen LogP contribution in [0.1, 0.15) is 66.1 Å². The van der Waals surface area contributed by atoms with E-state index in [1.807, 2.05) is 12.1 Å². The van der Waals surface area contributed by atoms with Crippen LogP contribution < -0.4 is 15.0 Å². The summed E-state index contributed by atoms with van der Waals surface area (Å²) in [5.74, 6) is -0.595. The van der Waals surface area contributed by atoms with E-state index in [1.54, 1.807) is 79.9 Å². The van der Waals surface area contributed by atoms with Crippen LogP contribution in [0.15, 0.2) is 78.9 Å². The van der Waals surface area contributed by atoms with Crippen molar-refractivity contribution in [2.45, 2.75) is 50.6 Å². The SMILES string of the molecule is COc1ccc(C(C(=O)NC2CCCCC2)N(C(=O)CC#N)c2ccccc2C(=O)c2ccccc2)cc1. The third-order valence-electron chi connectivity index (χ3n) is 6.83. The molecule has 7 heteroatoms. The summed E-state index contributed by atoms with van der Waals surface area (Å²) in [4.78, 5) is 42.4. The third-order valence-corrected chi connectivity index (χ3v) is 6.83. The number of benzene rings is 3. The molecule has 4 rings (SSSR count). The molecule has 7 nitrogen and oxygen atoms in total. The highest BCUT2D eigenvalue weighted by molar-refractivity contribution is 6.15. The molecule has 0 radical (unpaired) electrons. The van der Waals surface area contributed by atoms with Crippen molar-refractivity contribution in [1.82, 2.24) is 5.32 Å². The van der Waals surface area contributed by atoms with Crippen LogP contribution in [-0.2, 0) is 9.59 Å². The van der Waals surface area contributed by atoms with Crippen molar-refractivity contribution in [1.29, 1.82) is 5.26 Å². The minimum atomic E-state index is -1.09. The van der Waals surface area contributed by atoms with E-state index in [-0.39, 0.29) is 29.0 Å². The van der Waals surface area contributed by atoms with E-state index in [0.29, 0.717) is 16.9 Å². The lowest BCUT2D eigenvalue weighted by molar-refractivity contribution is -0.127. The average molecular weight is 510 g/mol. The van der Waals surface area contributed by atoms with Crippen LogP contribution in [0.4, 0.5) is 5.69 Å². The van der Waals surface area contributed by atoms with Gasteiger partial charge in [-0.25, -0.2) is 0 Å². The summed E-state index contributed by atoms with van der Waals surface area (Å²) < 4.78 is 5.29. The Kier molecular flexibility index (Phi) is 8.89. The zero-order valence-corrected chi connectivity index (χ0v) is 21.4. The Morgan fingerprint density at radius 1 is 0.947 bits per heavy atom. The van der Waals surface area contributed by atoms with Gasteiger partial charge in [-0.1, -0.05) is 73.9 Å². The standard InChI is InChI=1S/C31H31N3O4/c1-38-25-18-16-22(17-19-25)29(31(37)33-24-12-6-3-7-13-24)34(28(35)20-21-32)27-15-9-8-14-26(27)30(36)23-10-4-2-5-11-23/h2,4-5,8-11,14-19,24,29H,3,6-7,12-13,20H2,1H3,(H,33,37). The number of amides is 2. The zero-order chi connectivity index (χ0) is 26.9. The molecule has 194 valence electrons. The van der Waals surface area contributed by atoms with Gasteiger partial charge in [-0.2, -0.15) is 5.26 Å². The van der Waals surface area contributed by atoms with Gasteiger partial charge in [-0.15, -0.1) is 0 Å². The lowest BCUT2D eigenvalue weighted by Crippen LogP contribution is -2.47. The predicted octanol–water partition coefficient (Wildman–Crippen LogP) is 5.36. The fraction of sp³-hybridized carbons (Fsp3) is 0.290. The van der Waals surface area contributed by atoms with Crippen molar-refractivity contribution in [3.05, 3.63) is 95.6 Å². The Morgan fingerprint density at radius 3 is 2.26 bits per heavy atom. The number of hydrogen-bond acceptors (Lipinski definition) is 5. The number of ketones is 1. The lowest BCUT2D eigenvalue weighted by Gasteiger charge is -2.34. The first-order chi connectivity index (χ1) is 18.5. The van der Waals surface area contributed by atoms with E-state index in [4.69, 9.17) is 4.74 Å². The van der Waals surface area contributed by atoms with Crippen molar-refractivity contribution in [3.8, 4) is 11.8 Å². The molecule has 38 heavy (non-hydrogen) atoms. The molecule has 1 N–H and O–H groups in total. The maximum atomic E-state index is 13.9. The van der Waals surface area contributed by atoms with Gasteiger partial charge in [0.25, 0.3) is 0 Å². The summed E-state index contributed by atoms with van der Waals surface area (Å²) in [6.07, 6.45) is 4.49. The molecule has 3 aromatic carbocycles. The molecule has 1 saturated carbocycles. The van der Waals surface area contributed by atoms with Crippen molar-refractivity contribution in [2.75, 3.05) is 12.0 Å². The van der Waals surface area contributed by atoms with E-state index in [9.17, 15) is 19.6 Å². The molecule has 0 aromatic heterocycles. The second-order valence-corrected chi connectivity index (χ2v) is 9.33. The van der Waals surface area contributed by atoms with Gasteiger partial charge in [0.05, 0.1) is 18.9 Å². The summed E-state index contributed by atoms with van der Waals surface area (Å²) >= 11 is 0.